The summed E-state index contributed by atoms with van der Waals surface area (Å²) in [4.78, 5) is 20.0. The number of fused-ring (bicyclic) bond motifs is 1. The molecule has 1 aliphatic heterocycles. The van der Waals surface area contributed by atoms with E-state index in [1.165, 1.54) is 11.3 Å². The molecule has 0 bridgehead atoms. The minimum Gasteiger partial charge on any atom is -0.490 e. The first kappa shape index (κ1) is 20.8. The Morgan fingerprint density at radius 3 is 2.77 bits per heavy atom. The van der Waals surface area contributed by atoms with Crippen LogP contribution in [0.5, 0.6) is 11.5 Å². The van der Waals surface area contributed by atoms with Crippen LogP contribution >= 0.6 is 23.1 Å². The fourth-order valence-corrected chi connectivity index (χ4v) is 5.04. The molecule has 0 radical (unpaired) electrons. The Kier molecular flexibility index (Phi) is 6.29. The summed E-state index contributed by atoms with van der Waals surface area (Å²) in [5.41, 5.74) is 4.08. The monoisotopic (exact) mass is 440 g/mol. The van der Waals surface area contributed by atoms with Crippen LogP contribution in [0.4, 0.5) is 10.8 Å². The Labute approximate surface area is 185 Å². The minimum absolute atomic E-state index is 0.0415. The average molecular weight is 441 g/mol. The van der Waals surface area contributed by atoms with Crippen molar-refractivity contribution in [1.82, 2.24) is 4.98 Å². The third-order valence-electron chi connectivity index (χ3n) is 4.97. The normalized spacial score (nSPS) is 13.0. The first-order chi connectivity index (χ1) is 14.5. The summed E-state index contributed by atoms with van der Waals surface area (Å²) < 4.78 is 11.5. The van der Waals surface area contributed by atoms with Crippen molar-refractivity contribution in [1.29, 1.82) is 0 Å². The molecule has 0 saturated carbocycles. The van der Waals surface area contributed by atoms with Gasteiger partial charge in [0.25, 0.3) is 0 Å². The van der Waals surface area contributed by atoms with Gasteiger partial charge in [-0.05, 0) is 49.2 Å². The summed E-state index contributed by atoms with van der Waals surface area (Å²) in [6.45, 7) is 7.03. The van der Waals surface area contributed by atoms with E-state index in [9.17, 15) is 4.79 Å². The van der Waals surface area contributed by atoms with Crippen molar-refractivity contribution in [2.45, 2.75) is 37.8 Å². The van der Waals surface area contributed by atoms with Gasteiger partial charge in [-0.25, -0.2) is 4.98 Å². The molecule has 3 aromatic rings. The molecule has 1 aromatic heterocycles. The Hall–Kier alpha value is -2.51. The van der Waals surface area contributed by atoms with Gasteiger partial charge in [0.2, 0.25) is 5.91 Å². The minimum atomic E-state index is -0.0415. The van der Waals surface area contributed by atoms with Crippen LogP contribution in [-0.2, 0) is 10.5 Å². The second-order valence-corrected chi connectivity index (χ2v) is 9.03. The van der Waals surface area contributed by atoms with E-state index in [0.717, 1.165) is 45.3 Å². The standard InChI is InChI=1S/C23H24N2O3S2/c1-15-6-4-7-20(16(15)2)25(17(3)26)23-24-18(14-30-23)13-29-19-8-9-21-22(12-19)28-11-5-10-27-21/h4,6-9,12,14H,5,10-11,13H2,1-3H3. The number of hydrogen-bond donors (Lipinski definition) is 0. The number of rotatable bonds is 5. The Balaban J connectivity index is 1.50. The van der Waals surface area contributed by atoms with Gasteiger partial charge in [-0.1, -0.05) is 12.1 Å². The molecule has 4 rings (SSSR count). The summed E-state index contributed by atoms with van der Waals surface area (Å²) in [6.07, 6.45) is 0.895. The molecule has 0 aliphatic carbocycles. The van der Waals surface area contributed by atoms with Gasteiger partial charge < -0.3 is 9.47 Å². The summed E-state index contributed by atoms with van der Waals surface area (Å²) in [5.74, 6) is 2.28. The third-order valence-corrected chi connectivity index (χ3v) is 6.87. The van der Waals surface area contributed by atoms with Crippen molar-refractivity contribution < 1.29 is 14.3 Å². The number of thiazole rings is 1. The lowest BCUT2D eigenvalue weighted by Gasteiger charge is -2.21. The Bertz CT molecular complexity index is 1060. The molecule has 2 aromatic carbocycles. The van der Waals surface area contributed by atoms with Crippen LogP contribution in [0.2, 0.25) is 0 Å². The third kappa shape index (κ3) is 4.47. The van der Waals surface area contributed by atoms with Gasteiger partial charge in [-0.15, -0.1) is 23.1 Å². The number of thioether (sulfide) groups is 1. The number of carbonyl (C=O) groups is 1. The molecule has 0 unspecified atom stereocenters. The first-order valence-electron chi connectivity index (χ1n) is 9.86. The van der Waals surface area contributed by atoms with Crippen LogP contribution < -0.4 is 14.4 Å². The molecule has 1 amide bonds. The maximum Gasteiger partial charge on any atom is 0.230 e. The zero-order valence-corrected chi connectivity index (χ0v) is 18.9. The van der Waals surface area contributed by atoms with Gasteiger partial charge in [0.1, 0.15) is 0 Å². The topological polar surface area (TPSA) is 51.7 Å². The number of carbonyl (C=O) groups excluding carboxylic acids is 1. The molecular weight excluding hydrogens is 416 g/mol. The van der Waals surface area contributed by atoms with Gasteiger partial charge in [-0.2, -0.15) is 0 Å². The molecule has 0 saturated heterocycles. The molecule has 1 aliphatic rings. The maximum absolute atomic E-state index is 12.4. The van der Waals surface area contributed by atoms with E-state index in [-0.39, 0.29) is 5.91 Å². The summed E-state index contributed by atoms with van der Waals surface area (Å²) >= 11 is 3.19. The molecule has 0 atom stereocenters. The smallest absolute Gasteiger partial charge is 0.230 e. The average Bonchev–Trinajstić information content (AvgIpc) is 3.05. The van der Waals surface area contributed by atoms with E-state index in [0.29, 0.717) is 24.1 Å². The molecule has 2 heterocycles. The lowest BCUT2D eigenvalue weighted by Crippen LogP contribution is -2.23. The maximum atomic E-state index is 12.4. The van der Waals surface area contributed by atoms with Gasteiger partial charge in [0.05, 0.1) is 24.6 Å². The summed E-state index contributed by atoms with van der Waals surface area (Å²) in [6, 6.07) is 12.0. The van der Waals surface area contributed by atoms with Crippen molar-refractivity contribution in [3.05, 3.63) is 58.6 Å². The van der Waals surface area contributed by atoms with Gasteiger partial charge in [-0.3, -0.25) is 9.69 Å². The number of ether oxygens (including phenoxy) is 2. The molecule has 7 heteroatoms. The number of amides is 1. The van der Waals surface area contributed by atoms with Crippen LogP contribution in [0, 0.1) is 13.8 Å². The van der Waals surface area contributed by atoms with Gasteiger partial charge in [0, 0.05) is 29.4 Å². The zero-order chi connectivity index (χ0) is 21.1. The predicted molar refractivity (Wildman–Crippen MR) is 122 cm³/mol. The number of benzene rings is 2. The highest BCUT2D eigenvalue weighted by atomic mass is 32.2. The van der Waals surface area contributed by atoms with Gasteiger partial charge in [0.15, 0.2) is 16.6 Å². The van der Waals surface area contributed by atoms with Crippen molar-refractivity contribution in [2.75, 3.05) is 18.1 Å². The molecule has 156 valence electrons. The van der Waals surface area contributed by atoms with Crippen LogP contribution in [0.15, 0.2) is 46.7 Å². The molecule has 30 heavy (non-hydrogen) atoms. The molecule has 0 spiro atoms. The quantitative estimate of drug-likeness (QED) is 0.463. The second kappa shape index (κ2) is 9.10. The molecular formula is C23H24N2O3S2. The van der Waals surface area contributed by atoms with Crippen molar-refractivity contribution in [2.24, 2.45) is 0 Å². The van der Waals surface area contributed by atoms with E-state index in [1.807, 2.05) is 42.6 Å². The van der Waals surface area contributed by atoms with Gasteiger partial charge >= 0.3 is 0 Å². The Morgan fingerprint density at radius 2 is 1.97 bits per heavy atom. The summed E-state index contributed by atoms with van der Waals surface area (Å²) in [5, 5.41) is 2.72. The Morgan fingerprint density at radius 1 is 1.17 bits per heavy atom. The SMILES string of the molecule is CC(=O)N(c1nc(CSc2ccc3c(c2)OCCCO3)cs1)c1cccc(C)c1C. The summed E-state index contributed by atoms with van der Waals surface area (Å²) in [7, 11) is 0. The van der Waals surface area contributed by atoms with Crippen molar-refractivity contribution >= 4 is 39.8 Å². The highest BCUT2D eigenvalue weighted by Gasteiger charge is 2.20. The van der Waals surface area contributed by atoms with Crippen LogP contribution in [0.1, 0.15) is 30.2 Å². The number of hydrogen-bond acceptors (Lipinski definition) is 6. The van der Waals surface area contributed by atoms with Crippen LogP contribution in [0.3, 0.4) is 0 Å². The second-order valence-electron chi connectivity index (χ2n) is 7.14. The van der Waals surface area contributed by atoms with E-state index >= 15 is 0 Å². The zero-order valence-electron chi connectivity index (χ0n) is 17.3. The highest BCUT2D eigenvalue weighted by Crippen LogP contribution is 2.36. The molecule has 5 nitrogen and oxygen atoms in total. The largest absolute Gasteiger partial charge is 0.490 e. The number of anilines is 2. The lowest BCUT2D eigenvalue weighted by atomic mass is 10.1. The number of nitrogens with zero attached hydrogens (tertiary/aromatic N) is 2. The fourth-order valence-electron chi connectivity index (χ4n) is 3.24. The van der Waals surface area contributed by atoms with E-state index in [1.54, 1.807) is 23.6 Å². The van der Waals surface area contributed by atoms with Crippen LogP contribution in [-0.4, -0.2) is 24.1 Å². The first-order valence-corrected chi connectivity index (χ1v) is 11.7. The molecule has 0 N–H and O–H groups in total. The molecule has 0 fully saturated rings. The lowest BCUT2D eigenvalue weighted by molar-refractivity contribution is -0.115. The van der Waals surface area contributed by atoms with E-state index in [2.05, 4.69) is 13.0 Å². The predicted octanol–water partition coefficient (Wildman–Crippen LogP) is 5.90. The fraction of sp³-hybridized carbons (Fsp3) is 0.304. The van der Waals surface area contributed by atoms with Crippen molar-refractivity contribution in [3.63, 3.8) is 0 Å². The highest BCUT2D eigenvalue weighted by molar-refractivity contribution is 7.98. The number of aromatic nitrogens is 1. The van der Waals surface area contributed by atoms with Crippen LogP contribution in [0.25, 0.3) is 0 Å². The number of aryl methyl sites for hydroxylation is 1. The van der Waals surface area contributed by atoms with Crippen molar-refractivity contribution in [3.8, 4) is 11.5 Å². The van der Waals surface area contributed by atoms with E-state index in [4.69, 9.17) is 14.5 Å². The van der Waals surface area contributed by atoms with E-state index < -0.39 is 0 Å².